The van der Waals surface area contributed by atoms with Gasteiger partial charge in [0.1, 0.15) is 12.9 Å². The van der Waals surface area contributed by atoms with Crippen molar-refractivity contribution >= 4 is 0 Å². The molecule has 104 valence electrons. The summed E-state index contributed by atoms with van der Waals surface area (Å²) in [6.45, 7) is 11.8. The Morgan fingerprint density at radius 3 is 2.67 bits per heavy atom. The lowest BCUT2D eigenvalue weighted by Gasteiger charge is -2.18. The SMILES string of the molecule is CC(C)NCc1coc(OCCOC(C)(C)C)n1. The molecule has 0 saturated heterocycles. The number of hydrogen-bond donors (Lipinski definition) is 1. The standard InChI is InChI=1S/C13H24N2O3/c1-10(2)14-8-11-9-17-12(15-11)16-6-7-18-13(3,4)5/h9-10,14H,6-8H2,1-5H3. The van der Waals surface area contributed by atoms with Crippen molar-refractivity contribution in [1.29, 1.82) is 0 Å². The Morgan fingerprint density at radius 1 is 1.33 bits per heavy atom. The number of nitrogens with zero attached hydrogens (tertiary/aromatic N) is 1. The van der Waals surface area contributed by atoms with Gasteiger partial charge < -0.3 is 19.2 Å². The Bertz CT molecular complexity index is 342. The molecule has 0 aromatic carbocycles. The summed E-state index contributed by atoms with van der Waals surface area (Å²) < 4.78 is 16.1. The first-order valence-corrected chi connectivity index (χ1v) is 6.31. The Morgan fingerprint density at radius 2 is 2.06 bits per heavy atom. The van der Waals surface area contributed by atoms with Crippen LogP contribution in [0.4, 0.5) is 0 Å². The quantitative estimate of drug-likeness (QED) is 0.759. The molecular weight excluding hydrogens is 232 g/mol. The van der Waals surface area contributed by atoms with Gasteiger partial charge in [-0.3, -0.25) is 0 Å². The van der Waals surface area contributed by atoms with Gasteiger partial charge in [-0.1, -0.05) is 13.8 Å². The zero-order valence-corrected chi connectivity index (χ0v) is 11.9. The molecule has 5 nitrogen and oxygen atoms in total. The van der Waals surface area contributed by atoms with Crippen LogP contribution in [0.15, 0.2) is 10.7 Å². The van der Waals surface area contributed by atoms with Gasteiger partial charge in [-0.2, -0.15) is 4.98 Å². The molecule has 0 spiro atoms. The van der Waals surface area contributed by atoms with E-state index in [-0.39, 0.29) is 5.60 Å². The van der Waals surface area contributed by atoms with E-state index in [4.69, 9.17) is 13.9 Å². The lowest BCUT2D eigenvalue weighted by Crippen LogP contribution is -2.22. The predicted molar refractivity (Wildman–Crippen MR) is 69.7 cm³/mol. The first-order chi connectivity index (χ1) is 8.37. The van der Waals surface area contributed by atoms with Gasteiger partial charge in [-0.15, -0.1) is 0 Å². The normalized spacial score (nSPS) is 12.1. The van der Waals surface area contributed by atoms with E-state index in [0.717, 1.165) is 5.69 Å². The summed E-state index contributed by atoms with van der Waals surface area (Å²) in [5, 5.41) is 3.26. The van der Waals surface area contributed by atoms with Crippen LogP contribution < -0.4 is 10.1 Å². The van der Waals surface area contributed by atoms with Crippen LogP contribution in [0, 0.1) is 0 Å². The summed E-state index contributed by atoms with van der Waals surface area (Å²) >= 11 is 0. The van der Waals surface area contributed by atoms with E-state index >= 15 is 0 Å². The number of aromatic nitrogens is 1. The first kappa shape index (κ1) is 15.0. The van der Waals surface area contributed by atoms with Crippen molar-refractivity contribution in [2.45, 2.75) is 52.8 Å². The molecule has 1 rings (SSSR count). The minimum atomic E-state index is -0.147. The summed E-state index contributed by atoms with van der Waals surface area (Å²) in [7, 11) is 0. The van der Waals surface area contributed by atoms with E-state index in [1.807, 2.05) is 20.8 Å². The summed E-state index contributed by atoms with van der Waals surface area (Å²) in [6.07, 6.45) is 1.91. The Hall–Kier alpha value is -1.07. The molecule has 0 atom stereocenters. The average Bonchev–Trinajstić information content (AvgIpc) is 2.68. The third-order valence-electron chi connectivity index (χ3n) is 2.07. The summed E-state index contributed by atoms with van der Waals surface area (Å²) in [4.78, 5) is 4.21. The molecule has 0 unspecified atom stereocenters. The van der Waals surface area contributed by atoms with Crippen molar-refractivity contribution in [2.24, 2.45) is 0 Å². The van der Waals surface area contributed by atoms with Crippen LogP contribution in [0.5, 0.6) is 6.08 Å². The number of rotatable bonds is 7. The van der Waals surface area contributed by atoms with Crippen LogP contribution in [0.25, 0.3) is 0 Å². The van der Waals surface area contributed by atoms with Crippen LogP contribution in [0.3, 0.4) is 0 Å². The van der Waals surface area contributed by atoms with Crippen LogP contribution in [0.1, 0.15) is 40.3 Å². The Kier molecular flexibility index (Phi) is 5.62. The number of hydrogen-bond acceptors (Lipinski definition) is 5. The minimum Gasteiger partial charge on any atom is -0.448 e. The van der Waals surface area contributed by atoms with E-state index in [0.29, 0.717) is 31.9 Å². The molecular formula is C13H24N2O3. The van der Waals surface area contributed by atoms with Crippen molar-refractivity contribution in [1.82, 2.24) is 10.3 Å². The van der Waals surface area contributed by atoms with E-state index in [1.54, 1.807) is 6.26 Å². The molecule has 0 saturated carbocycles. The summed E-state index contributed by atoms with van der Waals surface area (Å²) in [6, 6.07) is 0.422. The smallest absolute Gasteiger partial charge is 0.393 e. The maximum atomic E-state index is 5.53. The van der Waals surface area contributed by atoms with E-state index in [1.165, 1.54) is 0 Å². The van der Waals surface area contributed by atoms with Gasteiger partial charge in [0.15, 0.2) is 0 Å². The monoisotopic (exact) mass is 256 g/mol. The second kappa shape index (κ2) is 6.75. The van der Waals surface area contributed by atoms with Gasteiger partial charge in [-0.25, -0.2) is 0 Å². The Balaban J connectivity index is 2.23. The zero-order chi connectivity index (χ0) is 13.6. The molecule has 0 aliphatic rings. The van der Waals surface area contributed by atoms with E-state index in [9.17, 15) is 0 Å². The number of nitrogens with one attached hydrogen (secondary N) is 1. The van der Waals surface area contributed by atoms with Crippen LogP contribution in [-0.4, -0.2) is 29.8 Å². The fourth-order valence-electron chi connectivity index (χ4n) is 1.22. The summed E-state index contributed by atoms with van der Waals surface area (Å²) in [5.74, 6) is 0. The molecule has 0 radical (unpaired) electrons. The predicted octanol–water partition coefficient (Wildman–Crippen LogP) is 2.37. The highest BCUT2D eigenvalue weighted by Gasteiger charge is 2.10. The molecule has 1 heterocycles. The third kappa shape index (κ3) is 6.61. The van der Waals surface area contributed by atoms with Gasteiger partial charge in [0, 0.05) is 12.6 Å². The van der Waals surface area contributed by atoms with Crippen LogP contribution in [-0.2, 0) is 11.3 Å². The lowest BCUT2D eigenvalue weighted by molar-refractivity contribution is -0.0196. The fourth-order valence-corrected chi connectivity index (χ4v) is 1.22. The largest absolute Gasteiger partial charge is 0.448 e. The molecule has 0 amide bonds. The zero-order valence-electron chi connectivity index (χ0n) is 11.9. The van der Waals surface area contributed by atoms with Crippen molar-refractivity contribution in [2.75, 3.05) is 13.2 Å². The van der Waals surface area contributed by atoms with Gasteiger partial charge in [0.25, 0.3) is 0 Å². The van der Waals surface area contributed by atoms with Gasteiger partial charge in [0.2, 0.25) is 0 Å². The number of ether oxygens (including phenoxy) is 2. The van der Waals surface area contributed by atoms with Gasteiger partial charge >= 0.3 is 6.08 Å². The van der Waals surface area contributed by atoms with Crippen molar-refractivity contribution in [3.63, 3.8) is 0 Å². The molecule has 0 fully saturated rings. The maximum absolute atomic E-state index is 5.53. The highest BCUT2D eigenvalue weighted by molar-refractivity contribution is 4.99. The molecule has 1 aromatic heterocycles. The van der Waals surface area contributed by atoms with Crippen LogP contribution in [0.2, 0.25) is 0 Å². The molecule has 18 heavy (non-hydrogen) atoms. The van der Waals surface area contributed by atoms with E-state index < -0.39 is 0 Å². The van der Waals surface area contributed by atoms with Crippen LogP contribution >= 0.6 is 0 Å². The fraction of sp³-hybridized carbons (Fsp3) is 0.769. The lowest BCUT2D eigenvalue weighted by atomic mass is 10.2. The topological polar surface area (TPSA) is 56.5 Å². The summed E-state index contributed by atoms with van der Waals surface area (Å²) in [5.41, 5.74) is 0.696. The maximum Gasteiger partial charge on any atom is 0.393 e. The average molecular weight is 256 g/mol. The highest BCUT2D eigenvalue weighted by Crippen LogP contribution is 2.11. The Labute approximate surface area is 109 Å². The molecule has 5 heteroatoms. The first-order valence-electron chi connectivity index (χ1n) is 6.31. The van der Waals surface area contributed by atoms with Crippen molar-refractivity contribution in [3.05, 3.63) is 12.0 Å². The van der Waals surface area contributed by atoms with Gasteiger partial charge in [0.05, 0.1) is 17.9 Å². The second-order valence-electron chi connectivity index (χ2n) is 5.45. The van der Waals surface area contributed by atoms with Gasteiger partial charge in [-0.05, 0) is 20.8 Å². The van der Waals surface area contributed by atoms with Crippen molar-refractivity contribution in [3.8, 4) is 6.08 Å². The molecule has 0 aliphatic carbocycles. The third-order valence-corrected chi connectivity index (χ3v) is 2.07. The molecule has 0 bridgehead atoms. The second-order valence-corrected chi connectivity index (χ2v) is 5.45. The molecule has 0 aliphatic heterocycles. The van der Waals surface area contributed by atoms with E-state index in [2.05, 4.69) is 24.1 Å². The molecule has 1 N–H and O–H groups in total. The highest BCUT2D eigenvalue weighted by atomic mass is 16.6. The van der Waals surface area contributed by atoms with Crippen molar-refractivity contribution < 1.29 is 13.9 Å². The molecule has 1 aromatic rings. The number of oxazole rings is 1. The minimum absolute atomic E-state index is 0.147.